The lowest BCUT2D eigenvalue weighted by atomic mass is 9.76. The second kappa shape index (κ2) is 4.42. The first-order valence-electron chi connectivity index (χ1n) is 4.22. The van der Waals surface area contributed by atoms with E-state index in [1.54, 1.807) is 0 Å². The van der Waals surface area contributed by atoms with Gasteiger partial charge in [0.1, 0.15) is 5.82 Å². The molecule has 0 atom stereocenters. The summed E-state index contributed by atoms with van der Waals surface area (Å²) in [6, 6.07) is 2.13. The fourth-order valence-electron chi connectivity index (χ4n) is 1.23. The van der Waals surface area contributed by atoms with Crippen molar-refractivity contribution in [3.63, 3.8) is 0 Å². The lowest BCUT2D eigenvalue weighted by Gasteiger charge is -2.08. The second-order valence-electron chi connectivity index (χ2n) is 3.05. The molecule has 1 aromatic carbocycles. The molecule has 0 aliphatic rings. The van der Waals surface area contributed by atoms with Gasteiger partial charge in [-0.3, -0.25) is 0 Å². The van der Waals surface area contributed by atoms with E-state index in [1.165, 1.54) is 6.92 Å². The Bertz CT molecular complexity index is 392. The Morgan fingerprint density at radius 2 is 2.07 bits per heavy atom. The number of hydrogen-bond acceptors (Lipinski definition) is 4. The van der Waals surface area contributed by atoms with Gasteiger partial charge in [0.25, 0.3) is 0 Å². The molecule has 15 heavy (non-hydrogen) atoms. The van der Waals surface area contributed by atoms with Gasteiger partial charge >= 0.3 is 13.1 Å². The molecule has 0 spiro atoms. The molecule has 0 heterocycles. The average molecular weight is 212 g/mol. The Hall–Kier alpha value is -1.40. The molecule has 4 nitrogen and oxygen atoms in total. The van der Waals surface area contributed by atoms with Gasteiger partial charge in [0.15, 0.2) is 0 Å². The van der Waals surface area contributed by atoms with E-state index in [-0.39, 0.29) is 11.0 Å². The number of aryl methyl sites for hydroxylation is 1. The topological polar surface area (TPSA) is 66.8 Å². The minimum atomic E-state index is -1.74. The quantitative estimate of drug-likeness (QED) is 0.517. The molecule has 0 unspecified atom stereocenters. The molecule has 0 amide bonds. The molecular formula is C9H10BFO4. The fraction of sp³-hybridized carbons (Fsp3) is 0.222. The fourth-order valence-corrected chi connectivity index (χ4v) is 1.23. The number of esters is 1. The number of carbonyl (C=O) groups is 1. The number of rotatable bonds is 2. The lowest BCUT2D eigenvalue weighted by Crippen LogP contribution is -2.33. The lowest BCUT2D eigenvalue weighted by molar-refractivity contribution is 0.0595. The highest BCUT2D eigenvalue weighted by atomic mass is 19.1. The maximum Gasteiger partial charge on any atom is 0.488 e. The van der Waals surface area contributed by atoms with Crippen LogP contribution in [0.3, 0.4) is 0 Å². The van der Waals surface area contributed by atoms with Crippen molar-refractivity contribution in [1.29, 1.82) is 0 Å². The van der Waals surface area contributed by atoms with Crippen LogP contribution in [-0.4, -0.2) is 30.2 Å². The van der Waals surface area contributed by atoms with E-state index in [2.05, 4.69) is 4.74 Å². The second-order valence-corrected chi connectivity index (χ2v) is 3.05. The monoisotopic (exact) mass is 212 g/mol. The van der Waals surface area contributed by atoms with E-state index in [4.69, 9.17) is 10.0 Å². The number of halogens is 1. The zero-order valence-corrected chi connectivity index (χ0v) is 8.32. The van der Waals surface area contributed by atoms with E-state index in [0.29, 0.717) is 5.56 Å². The standard InChI is InChI=1S/C9H10BFO4/c1-5-3-8(11)6(9(12)15-2)4-7(5)10(13)14/h3-4,13-14H,1-2H3. The predicted molar refractivity (Wildman–Crippen MR) is 52.3 cm³/mol. The number of methoxy groups -OCH3 is 1. The molecule has 1 aromatic rings. The largest absolute Gasteiger partial charge is 0.488 e. The summed E-state index contributed by atoms with van der Waals surface area (Å²) in [6.07, 6.45) is 0. The van der Waals surface area contributed by atoms with Crippen LogP contribution in [0.25, 0.3) is 0 Å². The molecule has 0 aliphatic heterocycles. The van der Waals surface area contributed by atoms with Crippen LogP contribution in [0, 0.1) is 12.7 Å². The number of carbonyl (C=O) groups excluding carboxylic acids is 1. The van der Waals surface area contributed by atoms with Crippen LogP contribution in [-0.2, 0) is 4.74 Å². The molecular weight excluding hydrogens is 202 g/mol. The van der Waals surface area contributed by atoms with Crippen LogP contribution < -0.4 is 5.46 Å². The molecule has 2 N–H and O–H groups in total. The van der Waals surface area contributed by atoms with Crippen LogP contribution in [0.2, 0.25) is 0 Å². The molecule has 0 aliphatic carbocycles. The summed E-state index contributed by atoms with van der Waals surface area (Å²) in [6.45, 7) is 1.51. The minimum Gasteiger partial charge on any atom is -0.465 e. The molecule has 0 saturated carbocycles. The number of benzene rings is 1. The number of ether oxygens (including phenoxy) is 1. The Morgan fingerprint density at radius 3 is 2.53 bits per heavy atom. The van der Waals surface area contributed by atoms with Gasteiger partial charge in [-0.15, -0.1) is 0 Å². The highest BCUT2D eigenvalue weighted by Gasteiger charge is 2.20. The summed E-state index contributed by atoms with van der Waals surface area (Å²) in [5, 5.41) is 17.9. The van der Waals surface area contributed by atoms with E-state index >= 15 is 0 Å². The van der Waals surface area contributed by atoms with Gasteiger partial charge in [0.05, 0.1) is 12.7 Å². The highest BCUT2D eigenvalue weighted by molar-refractivity contribution is 6.59. The first-order chi connectivity index (χ1) is 6.97. The van der Waals surface area contributed by atoms with Gasteiger partial charge in [0.2, 0.25) is 0 Å². The summed E-state index contributed by atoms with van der Waals surface area (Å²) in [7, 11) is -0.620. The Labute approximate surface area is 86.4 Å². The van der Waals surface area contributed by atoms with Crippen LogP contribution in [0.15, 0.2) is 12.1 Å². The van der Waals surface area contributed by atoms with Crippen molar-refractivity contribution in [3.8, 4) is 0 Å². The predicted octanol–water partition coefficient (Wildman–Crippen LogP) is -0.399. The first-order valence-corrected chi connectivity index (χ1v) is 4.22. The maximum absolute atomic E-state index is 13.3. The summed E-state index contributed by atoms with van der Waals surface area (Å²) in [5.41, 5.74) is 0.123. The van der Waals surface area contributed by atoms with E-state index in [0.717, 1.165) is 19.2 Å². The molecule has 0 saturated heterocycles. The summed E-state index contributed by atoms with van der Waals surface area (Å²) in [5.74, 6) is -1.60. The summed E-state index contributed by atoms with van der Waals surface area (Å²) in [4.78, 5) is 11.1. The highest BCUT2D eigenvalue weighted by Crippen LogP contribution is 2.09. The van der Waals surface area contributed by atoms with Gasteiger partial charge in [-0.2, -0.15) is 0 Å². The SMILES string of the molecule is COC(=O)c1cc(B(O)O)c(C)cc1F. The third-order valence-corrected chi connectivity index (χ3v) is 2.04. The van der Waals surface area contributed by atoms with Gasteiger partial charge in [0, 0.05) is 0 Å². The van der Waals surface area contributed by atoms with Crippen molar-refractivity contribution in [2.45, 2.75) is 6.92 Å². The minimum absolute atomic E-state index is 0.0804. The Morgan fingerprint density at radius 1 is 1.47 bits per heavy atom. The van der Waals surface area contributed by atoms with Crippen molar-refractivity contribution in [2.75, 3.05) is 7.11 Å². The molecule has 6 heteroatoms. The molecule has 0 aromatic heterocycles. The summed E-state index contributed by atoms with van der Waals surface area (Å²) >= 11 is 0. The van der Waals surface area contributed by atoms with Gasteiger partial charge in [-0.05, 0) is 30.1 Å². The van der Waals surface area contributed by atoms with Crippen LogP contribution in [0.4, 0.5) is 4.39 Å². The van der Waals surface area contributed by atoms with Gasteiger partial charge in [-0.25, -0.2) is 9.18 Å². The van der Waals surface area contributed by atoms with Crippen molar-refractivity contribution in [3.05, 3.63) is 29.1 Å². The molecule has 0 fully saturated rings. The van der Waals surface area contributed by atoms with E-state index < -0.39 is 18.9 Å². The third kappa shape index (κ3) is 2.34. The van der Waals surface area contributed by atoms with Crippen LogP contribution in [0.5, 0.6) is 0 Å². The number of hydrogen-bond donors (Lipinski definition) is 2. The van der Waals surface area contributed by atoms with Gasteiger partial charge in [-0.1, -0.05) is 0 Å². The smallest absolute Gasteiger partial charge is 0.465 e. The normalized spacial score (nSPS) is 9.93. The molecule has 1 rings (SSSR count). The van der Waals surface area contributed by atoms with Crippen molar-refractivity contribution < 1.29 is 24.0 Å². The van der Waals surface area contributed by atoms with Gasteiger partial charge < -0.3 is 14.8 Å². The molecule has 80 valence electrons. The van der Waals surface area contributed by atoms with Crippen molar-refractivity contribution in [2.24, 2.45) is 0 Å². The summed E-state index contributed by atoms with van der Waals surface area (Å²) < 4.78 is 17.6. The maximum atomic E-state index is 13.3. The zero-order chi connectivity index (χ0) is 11.6. The Kier molecular flexibility index (Phi) is 3.44. The first kappa shape index (κ1) is 11.7. The molecule has 0 bridgehead atoms. The average Bonchev–Trinajstić information content (AvgIpc) is 2.16. The van der Waals surface area contributed by atoms with Crippen LogP contribution in [0.1, 0.15) is 15.9 Å². The zero-order valence-electron chi connectivity index (χ0n) is 8.32. The van der Waals surface area contributed by atoms with E-state index in [1.807, 2.05) is 0 Å². The van der Waals surface area contributed by atoms with Crippen molar-refractivity contribution >= 4 is 18.6 Å². The van der Waals surface area contributed by atoms with Crippen LogP contribution >= 0.6 is 0 Å². The molecule has 0 radical (unpaired) electrons. The van der Waals surface area contributed by atoms with Crippen molar-refractivity contribution in [1.82, 2.24) is 0 Å². The Balaban J connectivity index is 3.29. The third-order valence-electron chi connectivity index (χ3n) is 2.04. The van der Waals surface area contributed by atoms with E-state index in [9.17, 15) is 9.18 Å².